The number of aryl methyl sites for hydroxylation is 1. The molecule has 4 rings (SSSR count). The summed E-state index contributed by atoms with van der Waals surface area (Å²) in [6.07, 6.45) is 0.906. The minimum atomic E-state index is -3.95. The average Bonchev–Trinajstić information content (AvgIpc) is 2.78. The van der Waals surface area contributed by atoms with Gasteiger partial charge in [-0.25, -0.2) is 8.42 Å². The second-order valence-electron chi connectivity index (χ2n) is 7.29. The smallest absolute Gasteiger partial charge is 0.267 e. The van der Waals surface area contributed by atoms with E-state index in [4.69, 9.17) is 16.3 Å². The Balaban J connectivity index is 1.68. The molecule has 0 aliphatic carbocycles. The molecule has 1 heterocycles. The van der Waals surface area contributed by atoms with Crippen LogP contribution in [0.3, 0.4) is 0 Å². The molecular weight excluding hydrogens is 468 g/mol. The monoisotopic (exact) mass is 488 g/mol. The molecule has 1 atom stereocenters. The van der Waals surface area contributed by atoms with Gasteiger partial charge in [-0.2, -0.15) is 0 Å². The van der Waals surface area contributed by atoms with Crippen LogP contribution < -0.4 is 14.4 Å². The largest absolute Gasteiger partial charge is 0.476 e. The number of rotatable bonds is 5. The number of amides is 1. The molecule has 0 radical (unpaired) electrons. The molecule has 0 saturated carbocycles. The predicted molar refractivity (Wildman–Crippen MR) is 128 cm³/mol. The van der Waals surface area contributed by atoms with Crippen LogP contribution in [0.2, 0.25) is 5.02 Å². The molecule has 1 amide bonds. The zero-order valence-corrected chi connectivity index (χ0v) is 19.8. The van der Waals surface area contributed by atoms with E-state index in [2.05, 4.69) is 5.32 Å². The quantitative estimate of drug-likeness (QED) is 0.513. The lowest BCUT2D eigenvalue weighted by Gasteiger charge is -2.35. The molecule has 1 unspecified atom stereocenters. The van der Waals surface area contributed by atoms with E-state index in [1.807, 2.05) is 31.4 Å². The Hall–Kier alpha value is -2.68. The van der Waals surface area contributed by atoms with Crippen LogP contribution >= 0.6 is 23.4 Å². The molecule has 0 spiro atoms. The number of thioether (sulfide) groups is 1. The molecule has 1 N–H and O–H groups in total. The highest BCUT2D eigenvalue weighted by atomic mass is 35.5. The summed E-state index contributed by atoms with van der Waals surface area (Å²) in [5, 5.41) is 3.19. The van der Waals surface area contributed by atoms with Crippen molar-refractivity contribution in [1.82, 2.24) is 0 Å². The van der Waals surface area contributed by atoms with Crippen LogP contribution in [0.15, 0.2) is 76.5 Å². The fourth-order valence-corrected chi connectivity index (χ4v) is 5.44. The van der Waals surface area contributed by atoms with E-state index >= 15 is 0 Å². The molecule has 3 aromatic rings. The molecule has 6 nitrogen and oxygen atoms in total. The van der Waals surface area contributed by atoms with Gasteiger partial charge in [-0.1, -0.05) is 35.4 Å². The Kier molecular flexibility index (Phi) is 6.37. The third kappa shape index (κ3) is 4.57. The highest BCUT2D eigenvalue weighted by molar-refractivity contribution is 7.98. The van der Waals surface area contributed by atoms with Crippen LogP contribution in [0, 0.1) is 6.92 Å². The van der Waals surface area contributed by atoms with E-state index < -0.39 is 22.0 Å². The number of ether oxygens (including phenoxy) is 1. The molecule has 1 aliphatic rings. The molecule has 0 fully saturated rings. The average molecular weight is 489 g/mol. The van der Waals surface area contributed by atoms with Crippen molar-refractivity contribution in [2.24, 2.45) is 0 Å². The molecule has 166 valence electrons. The van der Waals surface area contributed by atoms with Crippen LogP contribution in [-0.2, 0) is 14.8 Å². The lowest BCUT2D eigenvalue weighted by atomic mass is 10.2. The van der Waals surface area contributed by atoms with Crippen molar-refractivity contribution in [3.63, 3.8) is 0 Å². The van der Waals surface area contributed by atoms with Gasteiger partial charge in [0.1, 0.15) is 5.75 Å². The summed E-state index contributed by atoms with van der Waals surface area (Å²) in [6.45, 7) is 1.70. The zero-order valence-electron chi connectivity index (χ0n) is 17.4. The number of halogens is 1. The maximum atomic E-state index is 13.5. The number of fused-ring (bicyclic) bond motifs is 1. The van der Waals surface area contributed by atoms with Gasteiger partial charge >= 0.3 is 0 Å². The number of anilines is 2. The van der Waals surface area contributed by atoms with Crippen molar-refractivity contribution in [1.29, 1.82) is 0 Å². The van der Waals surface area contributed by atoms with Gasteiger partial charge in [0.25, 0.3) is 15.9 Å². The zero-order chi connectivity index (χ0) is 22.9. The maximum absolute atomic E-state index is 13.5. The molecule has 0 aromatic heterocycles. The first kappa shape index (κ1) is 22.5. The molecule has 0 saturated heterocycles. The predicted octanol–water partition coefficient (Wildman–Crippen LogP) is 4.97. The first-order chi connectivity index (χ1) is 15.3. The summed E-state index contributed by atoms with van der Waals surface area (Å²) in [6, 6.07) is 18.7. The van der Waals surface area contributed by atoms with E-state index in [1.165, 1.54) is 10.4 Å². The van der Waals surface area contributed by atoms with Gasteiger partial charge in [0.15, 0.2) is 6.10 Å². The number of carbonyl (C=O) groups is 1. The molecule has 32 heavy (non-hydrogen) atoms. The number of nitrogens with one attached hydrogen (secondary N) is 1. The van der Waals surface area contributed by atoms with E-state index in [-0.39, 0.29) is 17.2 Å². The van der Waals surface area contributed by atoms with Gasteiger partial charge in [0.05, 0.1) is 17.1 Å². The van der Waals surface area contributed by atoms with E-state index in [0.29, 0.717) is 16.4 Å². The highest BCUT2D eigenvalue weighted by Gasteiger charge is 2.37. The Morgan fingerprint density at radius 2 is 1.88 bits per heavy atom. The number of benzene rings is 3. The molecule has 0 bridgehead atoms. The number of carbonyl (C=O) groups excluding carboxylic acids is 1. The van der Waals surface area contributed by atoms with E-state index in [1.54, 1.807) is 54.2 Å². The summed E-state index contributed by atoms with van der Waals surface area (Å²) in [5.41, 5.74) is 1.85. The topological polar surface area (TPSA) is 75.7 Å². The van der Waals surface area contributed by atoms with Gasteiger partial charge in [-0.3, -0.25) is 9.10 Å². The Morgan fingerprint density at radius 3 is 2.59 bits per heavy atom. The van der Waals surface area contributed by atoms with Crippen molar-refractivity contribution >= 4 is 50.7 Å². The second kappa shape index (κ2) is 9.05. The third-order valence-electron chi connectivity index (χ3n) is 5.03. The van der Waals surface area contributed by atoms with E-state index in [0.717, 1.165) is 10.5 Å². The summed E-state index contributed by atoms with van der Waals surface area (Å²) in [4.78, 5) is 14.1. The number of sulfonamides is 1. The first-order valence-corrected chi connectivity index (χ1v) is 12.8. The normalized spacial score (nSPS) is 15.6. The SMILES string of the molecule is CSc1cccc(NC(=O)C2CN(S(=O)(=O)c3ccc(C)cc3)c3cc(Cl)ccc3O2)c1. The van der Waals surface area contributed by atoms with Gasteiger partial charge in [-0.05, 0) is 61.7 Å². The summed E-state index contributed by atoms with van der Waals surface area (Å²) in [7, 11) is -3.95. The van der Waals surface area contributed by atoms with Crippen molar-refractivity contribution in [2.75, 3.05) is 22.4 Å². The minimum Gasteiger partial charge on any atom is -0.476 e. The van der Waals surface area contributed by atoms with Crippen LogP contribution in [0.1, 0.15) is 5.56 Å². The number of hydrogen-bond acceptors (Lipinski definition) is 5. The van der Waals surface area contributed by atoms with Crippen LogP contribution in [0.5, 0.6) is 5.75 Å². The molecular formula is C23H21ClN2O4S2. The van der Waals surface area contributed by atoms with Gasteiger partial charge < -0.3 is 10.1 Å². The van der Waals surface area contributed by atoms with Gasteiger partial charge in [-0.15, -0.1) is 11.8 Å². The summed E-state index contributed by atoms with van der Waals surface area (Å²) >= 11 is 7.69. The van der Waals surface area contributed by atoms with Crippen LogP contribution in [0.4, 0.5) is 11.4 Å². The second-order valence-corrected chi connectivity index (χ2v) is 10.5. The molecule has 9 heteroatoms. The number of nitrogens with zero attached hydrogens (tertiary/aromatic N) is 1. The minimum absolute atomic E-state index is 0.128. The summed E-state index contributed by atoms with van der Waals surface area (Å²) < 4.78 is 34.0. The van der Waals surface area contributed by atoms with Crippen molar-refractivity contribution < 1.29 is 17.9 Å². The fourth-order valence-electron chi connectivity index (χ4n) is 3.35. The molecule has 1 aliphatic heterocycles. The Labute approximate surface area is 196 Å². The highest BCUT2D eigenvalue weighted by Crippen LogP contribution is 2.39. The fraction of sp³-hybridized carbons (Fsp3) is 0.174. The maximum Gasteiger partial charge on any atom is 0.267 e. The van der Waals surface area contributed by atoms with Gasteiger partial charge in [0, 0.05) is 15.6 Å². The number of hydrogen-bond donors (Lipinski definition) is 1. The Morgan fingerprint density at radius 1 is 1.12 bits per heavy atom. The van der Waals surface area contributed by atoms with Crippen LogP contribution in [-0.4, -0.2) is 33.2 Å². The third-order valence-corrected chi connectivity index (χ3v) is 7.78. The van der Waals surface area contributed by atoms with Gasteiger partial charge in [0.2, 0.25) is 0 Å². The van der Waals surface area contributed by atoms with E-state index in [9.17, 15) is 13.2 Å². The Bertz CT molecular complexity index is 1260. The lowest BCUT2D eigenvalue weighted by molar-refractivity contribution is -0.122. The van der Waals surface area contributed by atoms with Crippen molar-refractivity contribution in [3.8, 4) is 5.75 Å². The molecule has 3 aromatic carbocycles. The van der Waals surface area contributed by atoms with Crippen molar-refractivity contribution in [2.45, 2.75) is 22.8 Å². The first-order valence-electron chi connectivity index (χ1n) is 9.78. The summed E-state index contributed by atoms with van der Waals surface area (Å²) in [5.74, 6) is -0.165. The standard InChI is InChI=1S/C23H21ClN2O4S2/c1-15-6-9-19(10-7-15)32(28,29)26-14-22(30-21-11-8-16(24)12-20(21)26)23(27)25-17-4-3-5-18(13-17)31-2/h3-13,22H,14H2,1-2H3,(H,25,27). The van der Waals surface area contributed by atoms with Crippen molar-refractivity contribution in [3.05, 3.63) is 77.3 Å². The lowest BCUT2D eigenvalue weighted by Crippen LogP contribution is -2.48. The van der Waals surface area contributed by atoms with Crippen LogP contribution in [0.25, 0.3) is 0 Å².